The molecule has 0 spiro atoms. The number of hydrogen-bond donors (Lipinski definition) is 1. The predicted molar refractivity (Wildman–Crippen MR) is 92.9 cm³/mol. The summed E-state index contributed by atoms with van der Waals surface area (Å²) in [6, 6.07) is 0. The van der Waals surface area contributed by atoms with E-state index in [2.05, 4.69) is 49.6 Å². The van der Waals surface area contributed by atoms with Gasteiger partial charge in [-0.2, -0.15) is 0 Å². The second-order valence-electron chi connectivity index (χ2n) is 5.64. The lowest BCUT2D eigenvalue weighted by molar-refractivity contribution is 0.372. The van der Waals surface area contributed by atoms with Crippen molar-refractivity contribution in [2.75, 3.05) is 27.2 Å². The van der Waals surface area contributed by atoms with Crippen molar-refractivity contribution in [2.24, 2.45) is 10.4 Å². The Balaban J connectivity index is 0. The van der Waals surface area contributed by atoms with Gasteiger partial charge in [0, 0.05) is 27.2 Å². The highest BCUT2D eigenvalue weighted by atomic mass is 127. The fraction of sp³-hybridized carbons (Fsp3) is 0.786. The van der Waals surface area contributed by atoms with E-state index in [1.165, 1.54) is 0 Å². The molecule has 0 atom stereocenters. The van der Waals surface area contributed by atoms with Crippen LogP contribution in [0.1, 0.15) is 40.0 Å². The second kappa shape index (κ2) is 10.6. The third-order valence-electron chi connectivity index (χ3n) is 2.63. The highest BCUT2D eigenvalue weighted by molar-refractivity contribution is 14.0. The zero-order valence-electron chi connectivity index (χ0n) is 12.6. The number of unbranched alkanes of at least 4 members (excludes halogenated alkanes) is 1. The molecule has 0 radical (unpaired) electrons. The van der Waals surface area contributed by atoms with Crippen molar-refractivity contribution in [3.8, 4) is 0 Å². The number of aliphatic imine (C=N–C) groups is 1. The summed E-state index contributed by atoms with van der Waals surface area (Å²) < 4.78 is 0. The van der Waals surface area contributed by atoms with Crippen molar-refractivity contribution in [1.29, 1.82) is 0 Å². The molecule has 18 heavy (non-hydrogen) atoms. The molecule has 0 saturated carbocycles. The summed E-state index contributed by atoms with van der Waals surface area (Å²) in [4.78, 5) is 6.46. The highest BCUT2D eigenvalue weighted by Crippen LogP contribution is 2.16. The van der Waals surface area contributed by atoms with Gasteiger partial charge in [0.25, 0.3) is 0 Å². The Bertz CT molecular complexity index is 244. The van der Waals surface area contributed by atoms with E-state index in [1.54, 1.807) is 0 Å². The van der Waals surface area contributed by atoms with Crippen LogP contribution < -0.4 is 5.32 Å². The third kappa shape index (κ3) is 10.9. The molecule has 4 heteroatoms. The minimum atomic E-state index is 0. The summed E-state index contributed by atoms with van der Waals surface area (Å²) in [6.07, 6.45) is 5.29. The van der Waals surface area contributed by atoms with Crippen LogP contribution in [0.2, 0.25) is 0 Å². The largest absolute Gasteiger partial charge is 0.356 e. The minimum Gasteiger partial charge on any atom is -0.356 e. The van der Waals surface area contributed by atoms with Crippen LogP contribution >= 0.6 is 24.0 Å². The number of guanidine groups is 1. The summed E-state index contributed by atoms with van der Waals surface area (Å²) in [5, 5.41) is 3.40. The molecule has 0 aromatic carbocycles. The first kappa shape index (κ1) is 20.1. The maximum absolute atomic E-state index is 4.29. The maximum Gasteiger partial charge on any atom is 0.193 e. The van der Waals surface area contributed by atoms with Gasteiger partial charge in [-0.15, -0.1) is 30.6 Å². The number of nitrogens with one attached hydrogen (secondary N) is 1. The van der Waals surface area contributed by atoms with Crippen LogP contribution in [0.25, 0.3) is 0 Å². The van der Waals surface area contributed by atoms with Crippen LogP contribution in [0.15, 0.2) is 17.6 Å². The van der Waals surface area contributed by atoms with Crippen LogP contribution in [0.4, 0.5) is 0 Å². The molecule has 0 aromatic heterocycles. The first-order valence-corrected chi connectivity index (χ1v) is 6.43. The lowest BCUT2D eigenvalue weighted by atomic mass is 9.92. The van der Waals surface area contributed by atoms with Crippen molar-refractivity contribution in [1.82, 2.24) is 10.2 Å². The van der Waals surface area contributed by atoms with Gasteiger partial charge < -0.3 is 10.2 Å². The Hall–Kier alpha value is -0.260. The number of allylic oxidation sites excluding steroid dienone is 1. The molecule has 3 nitrogen and oxygen atoms in total. The lowest BCUT2D eigenvalue weighted by Crippen LogP contribution is -2.40. The van der Waals surface area contributed by atoms with Gasteiger partial charge in [-0.3, -0.25) is 4.99 Å². The lowest BCUT2D eigenvalue weighted by Gasteiger charge is -2.24. The molecular formula is C14H30IN3. The average molecular weight is 367 g/mol. The molecule has 0 fully saturated rings. The van der Waals surface area contributed by atoms with E-state index in [0.717, 1.165) is 38.3 Å². The van der Waals surface area contributed by atoms with Crippen LogP contribution in [-0.4, -0.2) is 38.0 Å². The molecule has 0 bridgehead atoms. The summed E-state index contributed by atoms with van der Waals surface area (Å²) >= 11 is 0. The first-order chi connectivity index (χ1) is 7.90. The minimum absolute atomic E-state index is 0. The van der Waals surface area contributed by atoms with Crippen molar-refractivity contribution >= 4 is 29.9 Å². The normalized spacial score (nSPS) is 11.7. The third-order valence-corrected chi connectivity index (χ3v) is 2.63. The van der Waals surface area contributed by atoms with E-state index in [9.17, 15) is 0 Å². The van der Waals surface area contributed by atoms with Gasteiger partial charge in [-0.1, -0.05) is 26.8 Å². The second-order valence-corrected chi connectivity index (χ2v) is 5.64. The molecule has 0 amide bonds. The Morgan fingerprint density at radius 2 is 2.00 bits per heavy atom. The molecule has 0 unspecified atom stereocenters. The van der Waals surface area contributed by atoms with Gasteiger partial charge in [0.2, 0.25) is 0 Å². The van der Waals surface area contributed by atoms with Crippen molar-refractivity contribution < 1.29 is 0 Å². The summed E-state index contributed by atoms with van der Waals surface area (Å²) in [5.41, 5.74) is 0.368. The molecule has 0 saturated heterocycles. The van der Waals surface area contributed by atoms with Crippen LogP contribution in [-0.2, 0) is 0 Å². The van der Waals surface area contributed by atoms with Crippen LogP contribution in [0.3, 0.4) is 0 Å². The van der Waals surface area contributed by atoms with E-state index < -0.39 is 0 Å². The summed E-state index contributed by atoms with van der Waals surface area (Å²) in [7, 11) is 3.92. The van der Waals surface area contributed by atoms with Crippen LogP contribution in [0, 0.1) is 5.41 Å². The van der Waals surface area contributed by atoms with Crippen molar-refractivity contribution in [3.05, 3.63) is 12.7 Å². The van der Waals surface area contributed by atoms with Crippen molar-refractivity contribution in [2.45, 2.75) is 40.0 Å². The summed E-state index contributed by atoms with van der Waals surface area (Å²) in [6.45, 7) is 12.5. The van der Waals surface area contributed by atoms with E-state index in [1.807, 2.05) is 13.1 Å². The first-order valence-electron chi connectivity index (χ1n) is 6.43. The van der Waals surface area contributed by atoms with E-state index in [-0.39, 0.29) is 24.0 Å². The zero-order chi connectivity index (χ0) is 13.3. The Labute approximate surface area is 130 Å². The molecule has 0 aromatic rings. The quantitative estimate of drug-likeness (QED) is 0.256. The molecule has 0 heterocycles. The topological polar surface area (TPSA) is 27.6 Å². The van der Waals surface area contributed by atoms with Gasteiger partial charge in [0.1, 0.15) is 0 Å². The fourth-order valence-electron chi connectivity index (χ4n) is 1.51. The monoisotopic (exact) mass is 367 g/mol. The Morgan fingerprint density at radius 3 is 2.44 bits per heavy atom. The molecule has 0 aliphatic carbocycles. The number of nitrogens with zero attached hydrogens (tertiary/aromatic N) is 2. The maximum atomic E-state index is 4.29. The molecule has 108 valence electrons. The van der Waals surface area contributed by atoms with Crippen molar-refractivity contribution in [3.63, 3.8) is 0 Å². The van der Waals surface area contributed by atoms with E-state index in [4.69, 9.17) is 0 Å². The fourth-order valence-corrected chi connectivity index (χ4v) is 1.51. The molecule has 1 N–H and O–H groups in total. The summed E-state index contributed by atoms with van der Waals surface area (Å²) in [5.74, 6) is 0.985. The number of halogens is 1. The van der Waals surface area contributed by atoms with E-state index in [0.29, 0.717) is 5.41 Å². The highest BCUT2D eigenvalue weighted by Gasteiger charge is 2.10. The van der Waals surface area contributed by atoms with Gasteiger partial charge >= 0.3 is 0 Å². The number of rotatable bonds is 6. The molecule has 0 aliphatic rings. The standard InChI is InChI=1S/C14H29N3.HI/c1-7-8-9-12-17(6)13(15-5)16-11-10-14(2,3)4;/h7H,1,8-12H2,2-6H3,(H,15,16);1H. The zero-order valence-corrected chi connectivity index (χ0v) is 15.0. The molecular weight excluding hydrogens is 337 g/mol. The Morgan fingerprint density at radius 1 is 1.39 bits per heavy atom. The van der Waals surface area contributed by atoms with Crippen LogP contribution in [0.5, 0.6) is 0 Å². The number of hydrogen-bond acceptors (Lipinski definition) is 1. The van der Waals surface area contributed by atoms with Gasteiger partial charge in [0.05, 0.1) is 0 Å². The van der Waals surface area contributed by atoms with E-state index >= 15 is 0 Å². The SMILES string of the molecule is C=CCCCN(C)C(=NC)NCCC(C)(C)C.I. The van der Waals surface area contributed by atoms with Gasteiger partial charge in [-0.05, 0) is 24.7 Å². The molecule has 0 rings (SSSR count). The van der Waals surface area contributed by atoms with Gasteiger partial charge in [-0.25, -0.2) is 0 Å². The predicted octanol–water partition coefficient (Wildman–Crippen LogP) is 3.51. The smallest absolute Gasteiger partial charge is 0.193 e. The van der Waals surface area contributed by atoms with Gasteiger partial charge in [0.15, 0.2) is 5.96 Å². The average Bonchev–Trinajstić information content (AvgIpc) is 2.23. The Kier molecular flexibility index (Phi) is 11.9. The molecule has 0 aliphatic heterocycles.